The molecule has 6 nitrogen and oxygen atoms in total. The molecule has 0 aromatic heterocycles. The first-order valence-electron chi connectivity index (χ1n) is 6.06. The summed E-state index contributed by atoms with van der Waals surface area (Å²) in [5.74, 6) is -1.12. The zero-order valence-corrected chi connectivity index (χ0v) is 11.6. The monoisotopic (exact) mass is 295 g/mol. The zero-order valence-electron chi connectivity index (χ0n) is 10.9. The summed E-state index contributed by atoms with van der Waals surface area (Å²) in [6.45, 7) is 0. The van der Waals surface area contributed by atoms with Crippen LogP contribution < -0.4 is 11.1 Å². The van der Waals surface area contributed by atoms with Crippen LogP contribution in [0.2, 0.25) is 5.02 Å². The lowest BCUT2D eigenvalue weighted by Gasteiger charge is -2.28. The Hall–Kier alpha value is -2.08. The highest BCUT2D eigenvalue weighted by atomic mass is 35.5. The molecule has 1 aliphatic heterocycles. The van der Waals surface area contributed by atoms with E-state index in [9.17, 15) is 14.4 Å². The van der Waals surface area contributed by atoms with E-state index in [0.717, 1.165) is 4.90 Å². The van der Waals surface area contributed by atoms with Crippen LogP contribution >= 0.6 is 11.6 Å². The molecule has 1 aromatic rings. The van der Waals surface area contributed by atoms with Gasteiger partial charge in [-0.25, -0.2) is 0 Å². The smallest absolute Gasteiger partial charge is 0.253 e. The first kappa shape index (κ1) is 14.3. The Kier molecular flexibility index (Phi) is 3.94. The van der Waals surface area contributed by atoms with E-state index in [1.54, 1.807) is 6.07 Å². The number of carbonyl (C=O) groups excluding carboxylic acids is 3. The van der Waals surface area contributed by atoms with Crippen LogP contribution in [0.4, 0.5) is 5.69 Å². The van der Waals surface area contributed by atoms with Crippen molar-refractivity contribution < 1.29 is 14.4 Å². The SMILES string of the molecule is CN1C(=O)CCC(NC(=O)c2ccc(N)cc2Cl)C1=O. The van der Waals surface area contributed by atoms with Crippen molar-refractivity contribution in [2.75, 3.05) is 12.8 Å². The predicted octanol–water partition coefficient (Wildman–Crippen LogP) is 0.799. The van der Waals surface area contributed by atoms with Crippen LogP contribution in [0.5, 0.6) is 0 Å². The Labute approximate surface area is 120 Å². The number of benzene rings is 1. The molecule has 7 heteroatoms. The fourth-order valence-electron chi connectivity index (χ4n) is 2.00. The van der Waals surface area contributed by atoms with Crippen molar-refractivity contribution >= 4 is 35.0 Å². The van der Waals surface area contributed by atoms with E-state index in [1.807, 2.05) is 0 Å². The lowest BCUT2D eigenvalue weighted by atomic mass is 10.0. The second-order valence-corrected chi connectivity index (χ2v) is 5.00. The number of piperidine rings is 1. The van der Waals surface area contributed by atoms with Crippen LogP contribution in [0, 0.1) is 0 Å². The highest BCUT2D eigenvalue weighted by Crippen LogP contribution is 2.20. The Morgan fingerprint density at radius 3 is 2.80 bits per heavy atom. The van der Waals surface area contributed by atoms with E-state index in [0.29, 0.717) is 12.1 Å². The molecule has 0 bridgehead atoms. The molecule has 1 fully saturated rings. The van der Waals surface area contributed by atoms with Gasteiger partial charge < -0.3 is 11.1 Å². The molecule has 0 saturated carbocycles. The maximum absolute atomic E-state index is 12.1. The topological polar surface area (TPSA) is 92.5 Å². The van der Waals surface area contributed by atoms with E-state index in [2.05, 4.69) is 5.32 Å². The van der Waals surface area contributed by atoms with Gasteiger partial charge in [0.15, 0.2) is 0 Å². The number of nitrogens with two attached hydrogens (primary N) is 1. The molecular formula is C13H14ClN3O3. The average molecular weight is 296 g/mol. The Morgan fingerprint density at radius 2 is 2.15 bits per heavy atom. The Bertz CT molecular complexity index is 588. The van der Waals surface area contributed by atoms with Gasteiger partial charge in [-0.1, -0.05) is 11.6 Å². The maximum atomic E-state index is 12.1. The van der Waals surface area contributed by atoms with E-state index in [4.69, 9.17) is 17.3 Å². The minimum atomic E-state index is -0.709. The lowest BCUT2D eigenvalue weighted by molar-refractivity contribution is -0.147. The second-order valence-electron chi connectivity index (χ2n) is 4.59. The summed E-state index contributed by atoms with van der Waals surface area (Å²) in [5.41, 5.74) is 6.25. The second kappa shape index (κ2) is 5.50. The summed E-state index contributed by atoms with van der Waals surface area (Å²) in [5, 5.41) is 2.81. The number of hydrogen-bond acceptors (Lipinski definition) is 4. The fraction of sp³-hybridized carbons (Fsp3) is 0.308. The summed E-state index contributed by atoms with van der Waals surface area (Å²) in [7, 11) is 1.40. The Morgan fingerprint density at radius 1 is 1.45 bits per heavy atom. The summed E-state index contributed by atoms with van der Waals surface area (Å²) < 4.78 is 0. The number of nitrogens with zero attached hydrogens (tertiary/aromatic N) is 1. The molecule has 0 aliphatic carbocycles. The summed E-state index contributed by atoms with van der Waals surface area (Å²) in [4.78, 5) is 36.3. The largest absolute Gasteiger partial charge is 0.399 e. The molecule has 20 heavy (non-hydrogen) atoms. The van der Waals surface area contributed by atoms with E-state index in [1.165, 1.54) is 19.2 Å². The molecular weight excluding hydrogens is 282 g/mol. The molecule has 1 aromatic carbocycles. The van der Waals surface area contributed by atoms with Crippen molar-refractivity contribution in [2.24, 2.45) is 0 Å². The molecule has 1 aliphatic rings. The number of amides is 3. The number of rotatable bonds is 2. The molecule has 1 heterocycles. The Balaban J connectivity index is 2.12. The van der Waals surface area contributed by atoms with Crippen LogP contribution in [-0.2, 0) is 9.59 Å². The number of nitrogens with one attached hydrogen (secondary N) is 1. The van der Waals surface area contributed by atoms with Crippen molar-refractivity contribution in [3.63, 3.8) is 0 Å². The maximum Gasteiger partial charge on any atom is 0.253 e. The van der Waals surface area contributed by atoms with E-state index < -0.39 is 17.9 Å². The first-order chi connectivity index (χ1) is 9.40. The minimum Gasteiger partial charge on any atom is -0.399 e. The van der Waals surface area contributed by atoms with Gasteiger partial charge in [-0.05, 0) is 24.6 Å². The van der Waals surface area contributed by atoms with Gasteiger partial charge in [-0.3, -0.25) is 19.3 Å². The number of halogens is 1. The van der Waals surface area contributed by atoms with Crippen LogP contribution in [0.25, 0.3) is 0 Å². The van der Waals surface area contributed by atoms with Gasteiger partial charge >= 0.3 is 0 Å². The number of imide groups is 1. The number of anilines is 1. The van der Waals surface area contributed by atoms with Crippen LogP contribution in [0.15, 0.2) is 18.2 Å². The third kappa shape index (κ3) is 2.75. The van der Waals surface area contributed by atoms with Gasteiger partial charge in [0.2, 0.25) is 5.91 Å². The molecule has 1 unspecified atom stereocenters. The molecule has 3 N–H and O–H groups in total. The quantitative estimate of drug-likeness (QED) is 0.623. The fourth-order valence-corrected chi connectivity index (χ4v) is 2.28. The zero-order chi connectivity index (χ0) is 14.9. The van der Waals surface area contributed by atoms with E-state index in [-0.39, 0.29) is 22.9 Å². The number of hydrogen-bond donors (Lipinski definition) is 2. The van der Waals surface area contributed by atoms with Gasteiger partial charge in [0.05, 0.1) is 10.6 Å². The van der Waals surface area contributed by atoms with Gasteiger partial charge in [0, 0.05) is 19.2 Å². The van der Waals surface area contributed by atoms with Crippen molar-refractivity contribution in [1.82, 2.24) is 10.2 Å². The third-order valence-corrected chi connectivity index (χ3v) is 3.51. The van der Waals surface area contributed by atoms with Crippen molar-refractivity contribution in [2.45, 2.75) is 18.9 Å². The molecule has 2 rings (SSSR count). The van der Waals surface area contributed by atoms with Crippen molar-refractivity contribution in [3.05, 3.63) is 28.8 Å². The van der Waals surface area contributed by atoms with Crippen LogP contribution in [0.3, 0.4) is 0 Å². The highest BCUT2D eigenvalue weighted by molar-refractivity contribution is 6.34. The van der Waals surface area contributed by atoms with Gasteiger partial charge in [-0.2, -0.15) is 0 Å². The molecule has 1 saturated heterocycles. The molecule has 3 amide bonds. The summed E-state index contributed by atoms with van der Waals surface area (Å²) >= 11 is 5.94. The molecule has 0 radical (unpaired) electrons. The van der Waals surface area contributed by atoms with Crippen LogP contribution in [0.1, 0.15) is 23.2 Å². The summed E-state index contributed by atoms with van der Waals surface area (Å²) in [6.07, 6.45) is 0.517. The highest BCUT2D eigenvalue weighted by Gasteiger charge is 2.33. The van der Waals surface area contributed by atoms with Crippen molar-refractivity contribution in [3.8, 4) is 0 Å². The number of likely N-dealkylation sites (tertiary alicyclic amines) is 1. The molecule has 106 valence electrons. The first-order valence-corrected chi connectivity index (χ1v) is 6.44. The van der Waals surface area contributed by atoms with E-state index >= 15 is 0 Å². The lowest BCUT2D eigenvalue weighted by Crippen LogP contribution is -2.52. The molecule has 1 atom stereocenters. The molecule has 0 spiro atoms. The minimum absolute atomic E-state index is 0.218. The predicted molar refractivity (Wildman–Crippen MR) is 74.1 cm³/mol. The third-order valence-electron chi connectivity index (χ3n) is 3.19. The van der Waals surface area contributed by atoms with Gasteiger partial charge in [0.25, 0.3) is 11.8 Å². The average Bonchev–Trinajstić information content (AvgIpc) is 2.39. The number of likely N-dealkylation sites (N-methyl/N-ethyl adjacent to an activating group) is 1. The van der Waals surface area contributed by atoms with Crippen LogP contribution in [-0.4, -0.2) is 35.7 Å². The van der Waals surface area contributed by atoms with Gasteiger partial charge in [0.1, 0.15) is 6.04 Å². The number of nitrogen functional groups attached to an aromatic ring is 1. The summed E-state index contributed by atoms with van der Waals surface area (Å²) in [6, 6.07) is 3.81. The number of carbonyl (C=O) groups is 3. The normalized spacial score (nSPS) is 19.1. The van der Waals surface area contributed by atoms with Crippen molar-refractivity contribution in [1.29, 1.82) is 0 Å². The standard InChI is InChI=1S/C13H14ClN3O3/c1-17-11(18)5-4-10(13(17)20)16-12(19)8-3-2-7(15)6-9(8)14/h2-3,6,10H,4-5,15H2,1H3,(H,16,19). The van der Waals surface area contributed by atoms with Gasteiger partial charge in [-0.15, -0.1) is 0 Å².